The molecule has 0 aliphatic carbocycles. The van der Waals surface area contributed by atoms with Crippen LogP contribution in [0.25, 0.3) is 0 Å². The molecule has 17 heavy (non-hydrogen) atoms. The van der Waals surface area contributed by atoms with Crippen LogP contribution < -0.4 is 10.6 Å². The average Bonchev–Trinajstić information content (AvgIpc) is 2.34. The van der Waals surface area contributed by atoms with Gasteiger partial charge >= 0.3 is 0 Å². The van der Waals surface area contributed by atoms with E-state index in [4.69, 9.17) is 22.4 Å². The van der Waals surface area contributed by atoms with E-state index in [1.54, 1.807) is 0 Å². The first-order valence-electron chi connectivity index (χ1n) is 5.99. The number of nitrogens with two attached hydrogens (primary N) is 1. The SMILES string of the molecule is CN(CCCCCO)c1cc(Cl)ccc1CN. The second kappa shape index (κ2) is 7.54. The summed E-state index contributed by atoms with van der Waals surface area (Å²) < 4.78 is 0. The van der Waals surface area contributed by atoms with Gasteiger partial charge in [-0.15, -0.1) is 0 Å². The summed E-state index contributed by atoms with van der Waals surface area (Å²) in [5.74, 6) is 0. The van der Waals surface area contributed by atoms with Crippen molar-refractivity contribution in [1.29, 1.82) is 0 Å². The number of rotatable bonds is 7. The normalized spacial score (nSPS) is 10.6. The van der Waals surface area contributed by atoms with Gasteiger partial charge in [-0.25, -0.2) is 0 Å². The topological polar surface area (TPSA) is 49.5 Å². The molecule has 0 fully saturated rings. The van der Waals surface area contributed by atoms with E-state index in [0.717, 1.165) is 42.1 Å². The number of aliphatic hydroxyl groups is 1. The maximum atomic E-state index is 8.72. The van der Waals surface area contributed by atoms with E-state index < -0.39 is 0 Å². The highest BCUT2D eigenvalue weighted by atomic mass is 35.5. The molecule has 96 valence electrons. The molecule has 0 bridgehead atoms. The molecule has 0 spiro atoms. The van der Waals surface area contributed by atoms with Crippen molar-refractivity contribution < 1.29 is 5.11 Å². The van der Waals surface area contributed by atoms with Crippen molar-refractivity contribution in [2.75, 3.05) is 25.1 Å². The Morgan fingerprint density at radius 3 is 2.71 bits per heavy atom. The highest BCUT2D eigenvalue weighted by Crippen LogP contribution is 2.24. The molecule has 1 aromatic carbocycles. The molecule has 3 nitrogen and oxygen atoms in total. The summed E-state index contributed by atoms with van der Waals surface area (Å²) in [6.07, 6.45) is 2.97. The molecule has 0 aliphatic rings. The smallest absolute Gasteiger partial charge is 0.0431 e. The zero-order chi connectivity index (χ0) is 12.7. The lowest BCUT2D eigenvalue weighted by Crippen LogP contribution is -2.20. The molecule has 4 heteroatoms. The van der Waals surface area contributed by atoms with Crippen molar-refractivity contribution in [3.05, 3.63) is 28.8 Å². The van der Waals surface area contributed by atoms with Crippen LogP contribution in [0, 0.1) is 0 Å². The Morgan fingerprint density at radius 2 is 2.06 bits per heavy atom. The van der Waals surface area contributed by atoms with E-state index in [1.807, 2.05) is 25.2 Å². The van der Waals surface area contributed by atoms with Gasteiger partial charge in [-0.05, 0) is 37.0 Å². The molecular formula is C13H21ClN2O. The van der Waals surface area contributed by atoms with Gasteiger partial charge in [-0.2, -0.15) is 0 Å². The van der Waals surface area contributed by atoms with Gasteiger partial charge in [-0.1, -0.05) is 17.7 Å². The first-order valence-corrected chi connectivity index (χ1v) is 6.37. The summed E-state index contributed by atoms with van der Waals surface area (Å²) in [5.41, 5.74) is 7.92. The highest BCUT2D eigenvalue weighted by molar-refractivity contribution is 6.30. The highest BCUT2D eigenvalue weighted by Gasteiger charge is 2.06. The van der Waals surface area contributed by atoms with Crippen molar-refractivity contribution in [2.24, 2.45) is 5.73 Å². The van der Waals surface area contributed by atoms with Gasteiger partial charge in [0.1, 0.15) is 0 Å². The fourth-order valence-corrected chi connectivity index (χ4v) is 1.99. The zero-order valence-electron chi connectivity index (χ0n) is 10.3. The third-order valence-electron chi connectivity index (χ3n) is 2.83. The molecule has 0 unspecified atom stereocenters. The van der Waals surface area contributed by atoms with Crippen molar-refractivity contribution in [3.63, 3.8) is 0 Å². The van der Waals surface area contributed by atoms with Gasteiger partial charge in [0.05, 0.1) is 0 Å². The Kier molecular flexibility index (Phi) is 6.34. The van der Waals surface area contributed by atoms with Crippen molar-refractivity contribution >= 4 is 17.3 Å². The quantitative estimate of drug-likeness (QED) is 0.737. The molecule has 0 amide bonds. The average molecular weight is 257 g/mol. The molecule has 0 saturated heterocycles. The minimum atomic E-state index is 0.273. The van der Waals surface area contributed by atoms with Crippen LogP contribution in [0.5, 0.6) is 0 Å². The third-order valence-corrected chi connectivity index (χ3v) is 3.07. The molecule has 0 heterocycles. The lowest BCUT2D eigenvalue weighted by molar-refractivity contribution is 0.283. The van der Waals surface area contributed by atoms with Gasteiger partial charge in [-0.3, -0.25) is 0 Å². The summed E-state index contributed by atoms with van der Waals surface area (Å²) in [5, 5.41) is 9.46. The largest absolute Gasteiger partial charge is 0.396 e. The summed E-state index contributed by atoms with van der Waals surface area (Å²) >= 11 is 6.00. The van der Waals surface area contributed by atoms with Crippen LogP contribution in [-0.2, 0) is 6.54 Å². The lowest BCUT2D eigenvalue weighted by Gasteiger charge is -2.22. The Hall–Kier alpha value is -0.770. The second-order valence-corrected chi connectivity index (χ2v) is 4.62. The minimum absolute atomic E-state index is 0.273. The molecule has 0 aromatic heterocycles. The molecule has 0 aliphatic heterocycles. The zero-order valence-corrected chi connectivity index (χ0v) is 11.1. The maximum absolute atomic E-state index is 8.72. The number of benzene rings is 1. The Morgan fingerprint density at radius 1 is 1.29 bits per heavy atom. The Labute approximate surface area is 108 Å². The van der Waals surface area contributed by atoms with E-state index in [1.165, 1.54) is 0 Å². The predicted octanol–water partition coefficient (Wildman–Crippen LogP) is 2.40. The van der Waals surface area contributed by atoms with Gasteiger partial charge in [0.2, 0.25) is 0 Å². The van der Waals surface area contributed by atoms with Gasteiger partial charge < -0.3 is 15.7 Å². The lowest BCUT2D eigenvalue weighted by atomic mass is 10.1. The molecular weight excluding hydrogens is 236 g/mol. The van der Waals surface area contributed by atoms with Crippen LogP contribution >= 0.6 is 11.6 Å². The third kappa shape index (κ3) is 4.54. The first kappa shape index (κ1) is 14.3. The fourth-order valence-electron chi connectivity index (χ4n) is 1.82. The Bertz CT molecular complexity index is 344. The molecule has 0 radical (unpaired) electrons. The van der Waals surface area contributed by atoms with Crippen LogP contribution in [0.2, 0.25) is 5.02 Å². The van der Waals surface area contributed by atoms with Crippen LogP contribution in [0.4, 0.5) is 5.69 Å². The predicted molar refractivity (Wildman–Crippen MR) is 73.6 cm³/mol. The van der Waals surface area contributed by atoms with Crippen molar-refractivity contribution in [3.8, 4) is 0 Å². The van der Waals surface area contributed by atoms with E-state index in [2.05, 4.69) is 4.90 Å². The Balaban J connectivity index is 2.60. The maximum Gasteiger partial charge on any atom is 0.0431 e. The number of nitrogens with zero attached hydrogens (tertiary/aromatic N) is 1. The number of aliphatic hydroxyl groups excluding tert-OH is 1. The standard InChI is InChI=1S/C13H21ClN2O/c1-16(7-3-2-4-8-17)13-9-12(14)6-5-11(13)10-15/h5-6,9,17H,2-4,7-8,10,15H2,1H3. The fraction of sp³-hybridized carbons (Fsp3) is 0.538. The van der Waals surface area contributed by atoms with E-state index in [-0.39, 0.29) is 6.61 Å². The van der Waals surface area contributed by atoms with Gasteiger partial charge in [0.15, 0.2) is 0 Å². The molecule has 0 saturated carbocycles. The van der Waals surface area contributed by atoms with Crippen LogP contribution in [-0.4, -0.2) is 25.3 Å². The number of unbranched alkanes of at least 4 members (excludes halogenated alkanes) is 2. The van der Waals surface area contributed by atoms with Crippen molar-refractivity contribution in [1.82, 2.24) is 0 Å². The summed E-state index contributed by atoms with van der Waals surface area (Å²) in [6.45, 7) is 1.75. The first-order chi connectivity index (χ1) is 8.19. The molecule has 1 aromatic rings. The van der Waals surface area contributed by atoms with Crippen LogP contribution in [0.3, 0.4) is 0 Å². The number of halogens is 1. The van der Waals surface area contributed by atoms with Crippen molar-refractivity contribution in [2.45, 2.75) is 25.8 Å². The number of hydrogen-bond donors (Lipinski definition) is 2. The summed E-state index contributed by atoms with van der Waals surface area (Å²) in [4.78, 5) is 2.17. The number of anilines is 1. The van der Waals surface area contributed by atoms with E-state index in [0.29, 0.717) is 6.54 Å². The second-order valence-electron chi connectivity index (χ2n) is 4.18. The monoisotopic (exact) mass is 256 g/mol. The summed E-state index contributed by atoms with van der Waals surface area (Å²) in [7, 11) is 2.05. The van der Waals surface area contributed by atoms with Gasteiger partial charge in [0, 0.05) is 37.5 Å². The summed E-state index contributed by atoms with van der Waals surface area (Å²) in [6, 6.07) is 5.80. The van der Waals surface area contributed by atoms with E-state index in [9.17, 15) is 0 Å². The van der Waals surface area contributed by atoms with Gasteiger partial charge in [0.25, 0.3) is 0 Å². The molecule has 0 atom stereocenters. The van der Waals surface area contributed by atoms with Crippen LogP contribution in [0.15, 0.2) is 18.2 Å². The molecule has 1 rings (SSSR count). The number of hydrogen-bond acceptors (Lipinski definition) is 3. The van der Waals surface area contributed by atoms with E-state index >= 15 is 0 Å². The molecule has 3 N–H and O–H groups in total. The van der Waals surface area contributed by atoms with Crippen LogP contribution in [0.1, 0.15) is 24.8 Å². The minimum Gasteiger partial charge on any atom is -0.396 e.